The number of rotatable bonds is 2. The molecular formula is C28H25N11O4P2. The van der Waals surface area contributed by atoms with Gasteiger partial charge in [0.05, 0.1) is 38.7 Å². The molecule has 15 nitrogen and oxygen atoms in total. The second-order valence-corrected chi connectivity index (χ2v) is 10.3. The SMILES string of the molecule is Nc1cn(P)c2ncccc12.O=[N+]([O-])c1c[nH]c2ncccc12.O=[N+]([O-])c1cn(P)c2ncccc12.c1cnc2[nH]ccc2c1. The normalized spacial score (nSPS) is 10.4. The molecule has 8 aromatic heterocycles. The molecule has 0 amide bonds. The fourth-order valence-electron chi connectivity index (χ4n) is 4.29. The van der Waals surface area contributed by atoms with Crippen molar-refractivity contribution in [3.63, 3.8) is 0 Å². The zero-order valence-corrected chi connectivity index (χ0v) is 25.6. The maximum atomic E-state index is 10.6. The molecule has 0 saturated heterocycles. The molecule has 8 aromatic rings. The second-order valence-electron chi connectivity index (χ2n) is 9.17. The van der Waals surface area contributed by atoms with Crippen LogP contribution in [0.3, 0.4) is 0 Å². The average Bonchev–Trinajstić information content (AvgIpc) is 3.84. The molecule has 0 aliphatic carbocycles. The van der Waals surface area contributed by atoms with Crippen LogP contribution in [-0.4, -0.2) is 48.4 Å². The van der Waals surface area contributed by atoms with Gasteiger partial charge in [-0.25, -0.2) is 19.9 Å². The Morgan fingerprint density at radius 2 is 1.22 bits per heavy atom. The lowest BCUT2D eigenvalue weighted by Crippen LogP contribution is -1.84. The van der Waals surface area contributed by atoms with Gasteiger partial charge in [0.2, 0.25) is 0 Å². The number of hydrogen-bond donors (Lipinski definition) is 3. The van der Waals surface area contributed by atoms with Crippen molar-refractivity contribution in [3.05, 3.63) is 124 Å². The maximum absolute atomic E-state index is 10.6. The molecule has 0 spiro atoms. The highest BCUT2D eigenvalue weighted by Gasteiger charge is 2.16. The first-order valence-corrected chi connectivity index (χ1v) is 14.0. The summed E-state index contributed by atoms with van der Waals surface area (Å²) in [6, 6.07) is 16.5. The first-order valence-electron chi connectivity index (χ1n) is 13.0. The molecule has 17 heteroatoms. The summed E-state index contributed by atoms with van der Waals surface area (Å²) in [5.74, 6) is 0. The van der Waals surface area contributed by atoms with E-state index in [-0.39, 0.29) is 11.4 Å². The van der Waals surface area contributed by atoms with Gasteiger partial charge in [-0.3, -0.25) is 20.2 Å². The summed E-state index contributed by atoms with van der Waals surface area (Å²) >= 11 is 0. The lowest BCUT2D eigenvalue weighted by molar-refractivity contribution is -0.383. The smallest absolute Gasteiger partial charge is 0.296 e. The number of nitrogens with one attached hydrogen (secondary N) is 2. The number of nitro groups is 2. The molecule has 0 aliphatic heterocycles. The Morgan fingerprint density at radius 3 is 1.87 bits per heavy atom. The lowest BCUT2D eigenvalue weighted by atomic mass is 10.3. The van der Waals surface area contributed by atoms with Gasteiger partial charge in [0.15, 0.2) is 0 Å². The summed E-state index contributed by atoms with van der Waals surface area (Å²) in [6.45, 7) is 0. The Bertz CT molecular complexity index is 2190. The van der Waals surface area contributed by atoms with Gasteiger partial charge in [-0.1, -0.05) is 0 Å². The van der Waals surface area contributed by atoms with Crippen molar-refractivity contribution in [3.8, 4) is 0 Å². The molecule has 2 unspecified atom stereocenters. The predicted molar refractivity (Wildman–Crippen MR) is 180 cm³/mol. The van der Waals surface area contributed by atoms with Crippen LogP contribution in [0, 0.1) is 20.2 Å². The van der Waals surface area contributed by atoms with Crippen molar-refractivity contribution in [2.45, 2.75) is 0 Å². The van der Waals surface area contributed by atoms with E-state index >= 15 is 0 Å². The van der Waals surface area contributed by atoms with E-state index in [9.17, 15) is 20.2 Å². The highest BCUT2D eigenvalue weighted by Crippen LogP contribution is 2.27. The molecule has 4 N–H and O–H groups in total. The van der Waals surface area contributed by atoms with E-state index in [0.29, 0.717) is 22.1 Å². The number of fused-ring (bicyclic) bond motifs is 4. The summed E-state index contributed by atoms with van der Waals surface area (Å²) in [7, 11) is 4.90. The number of hydrogen-bond acceptors (Lipinski definition) is 9. The van der Waals surface area contributed by atoms with Gasteiger partial charge in [0, 0.05) is 48.0 Å². The summed E-state index contributed by atoms with van der Waals surface area (Å²) in [4.78, 5) is 42.1. The maximum Gasteiger partial charge on any atom is 0.296 e. The van der Waals surface area contributed by atoms with E-state index in [4.69, 9.17) is 5.73 Å². The number of nitrogen functional groups attached to an aromatic ring is 1. The van der Waals surface area contributed by atoms with Crippen molar-refractivity contribution in [2.75, 3.05) is 5.73 Å². The van der Waals surface area contributed by atoms with E-state index in [0.717, 1.165) is 27.8 Å². The summed E-state index contributed by atoms with van der Waals surface area (Å²) in [5, 5.41) is 24.3. The summed E-state index contributed by atoms with van der Waals surface area (Å²) in [5.41, 5.74) is 9.62. The van der Waals surface area contributed by atoms with E-state index in [2.05, 4.69) is 48.7 Å². The predicted octanol–water partition coefficient (Wildman–Crippen LogP) is 5.87. The number of nitrogens with zero attached hydrogens (tertiary/aromatic N) is 8. The zero-order valence-electron chi connectivity index (χ0n) is 23.3. The number of aromatic amines is 2. The molecule has 0 radical (unpaired) electrons. The van der Waals surface area contributed by atoms with Crippen LogP contribution in [0.25, 0.3) is 44.1 Å². The lowest BCUT2D eigenvalue weighted by Gasteiger charge is -1.90. The highest BCUT2D eigenvalue weighted by atomic mass is 31.0. The van der Waals surface area contributed by atoms with Crippen LogP contribution in [0.5, 0.6) is 0 Å². The fraction of sp³-hybridized carbons (Fsp3) is 0. The van der Waals surface area contributed by atoms with Crippen LogP contribution in [0.15, 0.2) is 104 Å². The largest absolute Gasteiger partial charge is 0.397 e. The van der Waals surface area contributed by atoms with Crippen LogP contribution in [0.4, 0.5) is 17.1 Å². The van der Waals surface area contributed by atoms with Crippen LogP contribution < -0.4 is 5.73 Å². The minimum Gasteiger partial charge on any atom is -0.397 e. The Labute approximate surface area is 258 Å². The molecule has 8 rings (SSSR count). The number of H-pyrrole nitrogens is 2. The molecule has 0 saturated carbocycles. The van der Waals surface area contributed by atoms with E-state index in [1.54, 1.807) is 53.4 Å². The molecule has 0 fully saturated rings. The van der Waals surface area contributed by atoms with E-state index in [1.165, 1.54) is 12.4 Å². The second kappa shape index (κ2) is 13.7. The highest BCUT2D eigenvalue weighted by molar-refractivity contribution is 7.15. The molecule has 0 aliphatic rings. The minimum absolute atomic E-state index is 0.0677. The van der Waals surface area contributed by atoms with Crippen LogP contribution in [-0.2, 0) is 0 Å². The van der Waals surface area contributed by atoms with E-state index < -0.39 is 9.85 Å². The van der Waals surface area contributed by atoms with Gasteiger partial charge in [-0.05, 0) is 73.4 Å². The Morgan fingerprint density at radius 1 is 0.667 bits per heavy atom. The van der Waals surface area contributed by atoms with Crippen molar-refractivity contribution in [1.29, 1.82) is 0 Å². The first-order chi connectivity index (χ1) is 21.7. The molecular weight excluding hydrogens is 616 g/mol. The zero-order chi connectivity index (χ0) is 31.9. The topological polar surface area (TPSA) is 205 Å². The van der Waals surface area contributed by atoms with E-state index in [1.807, 2.05) is 47.1 Å². The fourth-order valence-corrected chi connectivity index (χ4v) is 5.01. The molecule has 2 atom stereocenters. The monoisotopic (exact) mass is 641 g/mol. The van der Waals surface area contributed by atoms with Gasteiger partial charge < -0.3 is 24.4 Å². The van der Waals surface area contributed by atoms with Crippen molar-refractivity contribution in [2.24, 2.45) is 0 Å². The molecule has 45 heavy (non-hydrogen) atoms. The first kappa shape index (κ1) is 30.7. The van der Waals surface area contributed by atoms with Crippen LogP contribution in [0.2, 0.25) is 0 Å². The van der Waals surface area contributed by atoms with Crippen LogP contribution >= 0.6 is 18.8 Å². The molecule has 8 heterocycles. The third-order valence-corrected chi connectivity index (χ3v) is 7.12. The third-order valence-electron chi connectivity index (χ3n) is 6.33. The van der Waals surface area contributed by atoms with Gasteiger partial charge >= 0.3 is 0 Å². The molecule has 0 aromatic carbocycles. The van der Waals surface area contributed by atoms with Crippen LogP contribution in [0.1, 0.15) is 0 Å². The molecule has 0 bridgehead atoms. The number of pyridine rings is 4. The Hall–Kier alpha value is -5.78. The van der Waals surface area contributed by atoms with Crippen molar-refractivity contribution < 1.29 is 9.85 Å². The van der Waals surface area contributed by atoms with Gasteiger partial charge in [-0.2, -0.15) is 0 Å². The van der Waals surface area contributed by atoms with Gasteiger partial charge in [0.1, 0.15) is 22.6 Å². The quantitative estimate of drug-likeness (QED) is 0.117. The van der Waals surface area contributed by atoms with Crippen molar-refractivity contribution in [1.82, 2.24) is 38.6 Å². The number of nitrogens with two attached hydrogens (primary N) is 1. The van der Waals surface area contributed by atoms with Gasteiger partial charge in [-0.15, -0.1) is 0 Å². The third kappa shape index (κ3) is 6.90. The Balaban J connectivity index is 0.000000119. The Kier molecular flexibility index (Phi) is 9.32. The summed E-state index contributed by atoms with van der Waals surface area (Å²) in [6.07, 6.45) is 13.2. The number of anilines is 1. The standard InChI is InChI=1S/C7H6N3O2P.C7H5N3O2.C7H8N3P.C7H6N2/c11-10(12)6-4-9(13)7-5(6)2-1-3-8-7;11-10(12)6-4-9-7-5(6)2-1-3-8-7;8-6-4-10(11)7-5(6)2-1-3-9-7;1-2-6-3-5-9-7(6)8-4-1/h1-4H,13H2;1-4H,(H,8,9);1-4H,8,11H2;1-5H,(H,8,9). The number of aromatic nitrogens is 8. The average molecular weight is 642 g/mol. The van der Waals surface area contributed by atoms with Gasteiger partial charge in [0.25, 0.3) is 11.4 Å². The minimum atomic E-state index is -0.430. The summed E-state index contributed by atoms with van der Waals surface area (Å²) < 4.78 is 3.40. The van der Waals surface area contributed by atoms with Crippen molar-refractivity contribution >= 4 is 80.0 Å². The molecule has 226 valence electrons.